The first kappa shape index (κ1) is 14.1. The third-order valence-corrected chi connectivity index (χ3v) is 4.21. The highest BCUT2D eigenvalue weighted by Gasteiger charge is 2.39. The standard InChI is InChI=1S/C16H21N3O2/c17-12-16(9-4-5-10-16)15-18-14(19-21-15)8-11-20-13-6-2-1-3-7-13/h1-3,6-7H,4-5,8-12,17H2. The Labute approximate surface area is 124 Å². The molecule has 1 aromatic heterocycles. The van der Waals surface area contributed by atoms with E-state index < -0.39 is 0 Å². The largest absolute Gasteiger partial charge is 0.493 e. The number of nitrogens with zero attached hydrogens (tertiary/aromatic N) is 2. The number of para-hydroxylation sites is 1. The van der Waals surface area contributed by atoms with Gasteiger partial charge in [-0.15, -0.1) is 0 Å². The number of benzene rings is 1. The Hall–Kier alpha value is -1.88. The lowest BCUT2D eigenvalue weighted by Crippen LogP contribution is -2.32. The molecule has 2 aromatic rings. The molecule has 0 amide bonds. The first-order valence-corrected chi connectivity index (χ1v) is 7.53. The first-order chi connectivity index (χ1) is 10.3. The summed E-state index contributed by atoms with van der Waals surface area (Å²) >= 11 is 0. The van der Waals surface area contributed by atoms with Gasteiger partial charge in [0.2, 0.25) is 5.89 Å². The van der Waals surface area contributed by atoms with Crippen LogP contribution in [0.15, 0.2) is 34.9 Å². The van der Waals surface area contributed by atoms with Crippen LogP contribution in [0.5, 0.6) is 5.75 Å². The van der Waals surface area contributed by atoms with E-state index in [0.717, 1.165) is 18.6 Å². The number of nitrogens with two attached hydrogens (primary N) is 1. The van der Waals surface area contributed by atoms with Crippen LogP contribution in [0.3, 0.4) is 0 Å². The smallest absolute Gasteiger partial charge is 0.234 e. The summed E-state index contributed by atoms with van der Waals surface area (Å²) in [7, 11) is 0. The molecular weight excluding hydrogens is 266 g/mol. The number of ether oxygens (including phenoxy) is 1. The number of hydrogen-bond donors (Lipinski definition) is 1. The Bertz CT molecular complexity index is 562. The number of hydrogen-bond acceptors (Lipinski definition) is 5. The van der Waals surface area contributed by atoms with Gasteiger partial charge in [0.25, 0.3) is 0 Å². The molecule has 1 heterocycles. The van der Waals surface area contributed by atoms with E-state index >= 15 is 0 Å². The molecule has 1 aliphatic carbocycles. The third kappa shape index (κ3) is 3.08. The minimum atomic E-state index is -0.0917. The summed E-state index contributed by atoms with van der Waals surface area (Å²) in [5.41, 5.74) is 5.84. The van der Waals surface area contributed by atoms with Crippen LogP contribution in [0.4, 0.5) is 0 Å². The molecular formula is C16H21N3O2. The maximum atomic E-state index is 5.93. The molecule has 112 valence electrons. The average Bonchev–Trinajstić information content (AvgIpc) is 3.18. The van der Waals surface area contributed by atoms with Gasteiger partial charge in [-0.05, 0) is 25.0 Å². The summed E-state index contributed by atoms with van der Waals surface area (Å²) in [5.74, 6) is 2.26. The van der Waals surface area contributed by atoms with Crippen molar-refractivity contribution in [3.63, 3.8) is 0 Å². The van der Waals surface area contributed by atoms with Crippen LogP contribution in [0, 0.1) is 0 Å². The molecule has 21 heavy (non-hydrogen) atoms. The van der Waals surface area contributed by atoms with Crippen LogP contribution in [-0.4, -0.2) is 23.3 Å². The van der Waals surface area contributed by atoms with Crippen molar-refractivity contribution in [2.45, 2.75) is 37.5 Å². The Morgan fingerprint density at radius 3 is 2.67 bits per heavy atom. The normalized spacial score (nSPS) is 17.0. The van der Waals surface area contributed by atoms with Crippen LogP contribution in [0.2, 0.25) is 0 Å². The fourth-order valence-corrected chi connectivity index (χ4v) is 2.90. The highest BCUT2D eigenvalue weighted by molar-refractivity contribution is 5.20. The van der Waals surface area contributed by atoms with Crippen LogP contribution >= 0.6 is 0 Å². The zero-order valence-electron chi connectivity index (χ0n) is 12.1. The molecule has 1 aliphatic rings. The molecule has 0 bridgehead atoms. The summed E-state index contributed by atoms with van der Waals surface area (Å²) in [6.45, 7) is 1.12. The van der Waals surface area contributed by atoms with Gasteiger partial charge in [0.1, 0.15) is 5.75 Å². The maximum absolute atomic E-state index is 5.93. The minimum Gasteiger partial charge on any atom is -0.493 e. The van der Waals surface area contributed by atoms with Crippen molar-refractivity contribution < 1.29 is 9.26 Å². The molecule has 0 radical (unpaired) electrons. The van der Waals surface area contributed by atoms with Gasteiger partial charge in [0.15, 0.2) is 5.82 Å². The molecule has 2 N–H and O–H groups in total. The van der Waals surface area contributed by atoms with E-state index in [9.17, 15) is 0 Å². The van der Waals surface area contributed by atoms with E-state index in [-0.39, 0.29) is 5.41 Å². The first-order valence-electron chi connectivity index (χ1n) is 7.53. The number of rotatable bonds is 6. The molecule has 5 heteroatoms. The van der Waals surface area contributed by atoms with Gasteiger partial charge < -0.3 is 15.0 Å². The summed E-state index contributed by atoms with van der Waals surface area (Å²) in [4.78, 5) is 4.53. The minimum absolute atomic E-state index is 0.0917. The molecule has 1 fully saturated rings. The van der Waals surface area contributed by atoms with E-state index in [0.29, 0.717) is 31.3 Å². The molecule has 1 aromatic carbocycles. The predicted molar refractivity (Wildman–Crippen MR) is 79.1 cm³/mol. The highest BCUT2D eigenvalue weighted by atomic mass is 16.5. The van der Waals surface area contributed by atoms with E-state index in [1.165, 1.54) is 12.8 Å². The molecule has 5 nitrogen and oxygen atoms in total. The van der Waals surface area contributed by atoms with E-state index in [2.05, 4.69) is 10.1 Å². The van der Waals surface area contributed by atoms with Gasteiger partial charge in [-0.3, -0.25) is 0 Å². The summed E-state index contributed by atoms with van der Waals surface area (Å²) in [6.07, 6.45) is 5.11. The Morgan fingerprint density at radius 1 is 1.19 bits per heavy atom. The topological polar surface area (TPSA) is 74.2 Å². The average molecular weight is 287 g/mol. The Balaban J connectivity index is 1.58. The van der Waals surface area contributed by atoms with Crippen molar-refractivity contribution in [1.29, 1.82) is 0 Å². The van der Waals surface area contributed by atoms with Crippen LogP contribution in [-0.2, 0) is 11.8 Å². The number of aromatic nitrogens is 2. The van der Waals surface area contributed by atoms with Crippen LogP contribution < -0.4 is 10.5 Å². The van der Waals surface area contributed by atoms with Gasteiger partial charge in [-0.2, -0.15) is 4.98 Å². The molecule has 0 unspecified atom stereocenters. The van der Waals surface area contributed by atoms with Crippen molar-refractivity contribution in [3.8, 4) is 5.75 Å². The van der Waals surface area contributed by atoms with Crippen LogP contribution in [0.1, 0.15) is 37.4 Å². The van der Waals surface area contributed by atoms with E-state index in [1.54, 1.807) is 0 Å². The highest BCUT2D eigenvalue weighted by Crippen LogP contribution is 2.39. The van der Waals surface area contributed by atoms with Crippen molar-refractivity contribution >= 4 is 0 Å². The summed E-state index contributed by atoms with van der Waals surface area (Å²) in [6, 6.07) is 9.74. The van der Waals surface area contributed by atoms with Crippen molar-refractivity contribution in [2.75, 3.05) is 13.2 Å². The lowest BCUT2D eigenvalue weighted by atomic mass is 9.86. The van der Waals surface area contributed by atoms with Crippen molar-refractivity contribution in [1.82, 2.24) is 10.1 Å². The molecule has 3 rings (SSSR count). The second-order valence-corrected chi connectivity index (χ2v) is 5.62. The van der Waals surface area contributed by atoms with Gasteiger partial charge in [-0.1, -0.05) is 36.2 Å². The summed E-state index contributed by atoms with van der Waals surface area (Å²) < 4.78 is 11.1. The predicted octanol–water partition coefficient (Wildman–Crippen LogP) is 2.46. The zero-order valence-corrected chi connectivity index (χ0v) is 12.1. The SMILES string of the molecule is NCC1(c2nc(CCOc3ccccc3)no2)CCCC1. The second-order valence-electron chi connectivity index (χ2n) is 5.62. The Morgan fingerprint density at radius 2 is 1.95 bits per heavy atom. The van der Waals surface area contributed by atoms with Gasteiger partial charge >= 0.3 is 0 Å². The van der Waals surface area contributed by atoms with Crippen LogP contribution in [0.25, 0.3) is 0 Å². The van der Waals surface area contributed by atoms with Gasteiger partial charge in [0, 0.05) is 13.0 Å². The monoisotopic (exact) mass is 287 g/mol. The van der Waals surface area contributed by atoms with Crippen molar-refractivity contribution in [2.24, 2.45) is 5.73 Å². The van der Waals surface area contributed by atoms with E-state index in [1.807, 2.05) is 30.3 Å². The molecule has 0 spiro atoms. The fraction of sp³-hybridized carbons (Fsp3) is 0.500. The second kappa shape index (κ2) is 6.26. The van der Waals surface area contributed by atoms with Gasteiger partial charge in [-0.25, -0.2) is 0 Å². The Kier molecular flexibility index (Phi) is 4.20. The molecule has 0 saturated heterocycles. The molecule has 0 aliphatic heterocycles. The van der Waals surface area contributed by atoms with Crippen molar-refractivity contribution in [3.05, 3.63) is 42.0 Å². The molecule has 0 atom stereocenters. The zero-order chi connectivity index (χ0) is 14.5. The summed E-state index contributed by atoms with van der Waals surface area (Å²) in [5, 5.41) is 4.06. The molecule has 1 saturated carbocycles. The van der Waals surface area contributed by atoms with E-state index in [4.69, 9.17) is 15.0 Å². The lowest BCUT2D eigenvalue weighted by molar-refractivity contribution is 0.280. The van der Waals surface area contributed by atoms with Gasteiger partial charge in [0.05, 0.1) is 12.0 Å². The lowest BCUT2D eigenvalue weighted by Gasteiger charge is -2.21. The fourth-order valence-electron chi connectivity index (χ4n) is 2.90. The quantitative estimate of drug-likeness (QED) is 0.883. The maximum Gasteiger partial charge on any atom is 0.234 e. The third-order valence-electron chi connectivity index (χ3n) is 4.21.